The highest BCUT2D eigenvalue weighted by atomic mass is 16.5. The van der Waals surface area contributed by atoms with Crippen LogP contribution in [-0.4, -0.2) is 71.5 Å². The van der Waals surface area contributed by atoms with Crippen molar-refractivity contribution in [1.82, 2.24) is 4.90 Å². The van der Waals surface area contributed by atoms with Crippen molar-refractivity contribution >= 4 is 39.6 Å². The first-order chi connectivity index (χ1) is 20.4. The van der Waals surface area contributed by atoms with Crippen LogP contribution in [0.1, 0.15) is 28.8 Å². The Morgan fingerprint density at radius 2 is 1.29 bits per heavy atom. The van der Waals surface area contributed by atoms with Crippen LogP contribution in [0.5, 0.6) is 17.2 Å². The molecule has 0 amide bonds. The zero-order valence-corrected chi connectivity index (χ0v) is 24.6. The van der Waals surface area contributed by atoms with Gasteiger partial charge >= 0.3 is 11.9 Å². The summed E-state index contributed by atoms with van der Waals surface area (Å²) in [5, 5.41) is 3.82. The molecule has 4 aromatic carbocycles. The number of rotatable bonds is 14. The van der Waals surface area contributed by atoms with Crippen molar-refractivity contribution < 1.29 is 33.3 Å². The van der Waals surface area contributed by atoms with E-state index in [4.69, 9.17) is 23.7 Å². The fraction of sp³-hybridized carbons (Fsp3) is 0.294. The topological polar surface area (TPSA) is 83.5 Å². The van der Waals surface area contributed by atoms with Gasteiger partial charge in [-0.1, -0.05) is 48.5 Å². The van der Waals surface area contributed by atoms with Crippen molar-refractivity contribution in [3.8, 4) is 17.2 Å². The molecular weight excluding hydrogens is 534 g/mol. The van der Waals surface area contributed by atoms with Gasteiger partial charge in [0, 0.05) is 19.2 Å². The third kappa shape index (κ3) is 7.59. The fourth-order valence-corrected chi connectivity index (χ4v) is 4.83. The Hall–Kier alpha value is -4.56. The Morgan fingerprint density at radius 1 is 0.738 bits per heavy atom. The van der Waals surface area contributed by atoms with Crippen LogP contribution in [0.4, 0.5) is 0 Å². The molecule has 4 aromatic rings. The third-order valence-corrected chi connectivity index (χ3v) is 6.92. The van der Waals surface area contributed by atoms with Crippen molar-refractivity contribution in [3.05, 3.63) is 83.9 Å². The van der Waals surface area contributed by atoms with E-state index < -0.39 is 5.97 Å². The Morgan fingerprint density at radius 3 is 1.83 bits per heavy atom. The highest BCUT2D eigenvalue weighted by molar-refractivity contribution is 6.16. The predicted octanol–water partition coefficient (Wildman–Crippen LogP) is 6.14. The maximum Gasteiger partial charge on any atom is 0.339 e. The van der Waals surface area contributed by atoms with Gasteiger partial charge in [0.25, 0.3) is 0 Å². The van der Waals surface area contributed by atoms with E-state index in [0.717, 1.165) is 40.2 Å². The molecule has 0 fully saturated rings. The van der Waals surface area contributed by atoms with Gasteiger partial charge in [0.1, 0.15) is 0 Å². The van der Waals surface area contributed by atoms with Crippen molar-refractivity contribution in [2.24, 2.45) is 0 Å². The van der Waals surface area contributed by atoms with Gasteiger partial charge in [0.05, 0.1) is 40.1 Å². The summed E-state index contributed by atoms with van der Waals surface area (Å²) in [5.74, 6) is 0.756. The monoisotopic (exact) mass is 571 g/mol. The molecule has 0 unspecified atom stereocenters. The molecule has 0 bridgehead atoms. The van der Waals surface area contributed by atoms with E-state index in [1.165, 1.54) is 27.4 Å². The fourth-order valence-electron chi connectivity index (χ4n) is 4.83. The number of methoxy groups -OCH3 is 3. The molecule has 42 heavy (non-hydrogen) atoms. The number of hydrogen-bond donors (Lipinski definition) is 0. The van der Waals surface area contributed by atoms with Crippen molar-refractivity contribution in [2.75, 3.05) is 54.7 Å². The molecule has 0 aliphatic carbocycles. The van der Waals surface area contributed by atoms with E-state index in [0.29, 0.717) is 48.9 Å². The number of fused-ring (bicyclic) bond motifs is 2. The van der Waals surface area contributed by atoms with E-state index in [9.17, 15) is 9.59 Å². The van der Waals surface area contributed by atoms with Crippen LogP contribution in [0.3, 0.4) is 0 Å². The average Bonchev–Trinajstić information content (AvgIpc) is 3.02. The quantitative estimate of drug-likeness (QED) is 0.0772. The first-order valence-corrected chi connectivity index (χ1v) is 13.9. The van der Waals surface area contributed by atoms with Gasteiger partial charge in [-0.15, -0.1) is 0 Å². The van der Waals surface area contributed by atoms with Crippen LogP contribution < -0.4 is 14.2 Å². The van der Waals surface area contributed by atoms with Gasteiger partial charge in [-0.3, -0.25) is 0 Å². The van der Waals surface area contributed by atoms with E-state index >= 15 is 0 Å². The summed E-state index contributed by atoms with van der Waals surface area (Å²) in [4.78, 5) is 27.4. The molecule has 0 atom stereocenters. The first-order valence-electron chi connectivity index (χ1n) is 13.9. The van der Waals surface area contributed by atoms with Gasteiger partial charge in [-0.2, -0.15) is 0 Å². The second-order valence-electron chi connectivity index (χ2n) is 9.80. The molecule has 0 radical (unpaired) electrons. The molecule has 0 saturated heterocycles. The maximum absolute atomic E-state index is 13.1. The molecule has 0 heterocycles. The second kappa shape index (κ2) is 14.9. The smallest absolute Gasteiger partial charge is 0.339 e. The minimum Gasteiger partial charge on any atom is -0.493 e. The number of hydrogen-bond acceptors (Lipinski definition) is 8. The summed E-state index contributed by atoms with van der Waals surface area (Å²) in [6.45, 7) is 2.11. The Labute approximate surface area is 246 Å². The van der Waals surface area contributed by atoms with Crippen LogP contribution in [-0.2, 0) is 14.3 Å². The molecule has 8 heteroatoms. The number of esters is 2. The standard InChI is InChI=1S/C34H37NO7/c1-35(17-9-19-41-31(36)16-15-24-21-29(38-2)33(40-4)30(22-24)39-3)18-10-20-42-34(37)32-27-13-7-5-11-25(27)23-26-12-6-8-14-28(26)32/h5-8,11-16,21-23H,9-10,17-20H2,1-4H3/b16-15+. The van der Waals surface area contributed by atoms with Crippen molar-refractivity contribution in [3.63, 3.8) is 0 Å². The lowest BCUT2D eigenvalue weighted by atomic mass is 9.97. The zero-order valence-electron chi connectivity index (χ0n) is 24.6. The molecule has 0 N–H and O–H groups in total. The lowest BCUT2D eigenvalue weighted by molar-refractivity contribution is -0.137. The van der Waals surface area contributed by atoms with Crippen LogP contribution in [0, 0.1) is 0 Å². The van der Waals surface area contributed by atoms with Crippen LogP contribution >= 0.6 is 0 Å². The maximum atomic E-state index is 13.1. The molecule has 0 saturated carbocycles. The summed E-state index contributed by atoms with van der Waals surface area (Å²) in [6, 6.07) is 21.4. The van der Waals surface area contributed by atoms with Gasteiger partial charge in [0.2, 0.25) is 5.75 Å². The molecule has 8 nitrogen and oxygen atoms in total. The molecular formula is C34H37NO7. The second-order valence-corrected chi connectivity index (χ2v) is 9.80. The summed E-state index contributed by atoms with van der Waals surface area (Å²) in [6.07, 6.45) is 4.39. The normalized spacial score (nSPS) is 11.3. The lowest BCUT2D eigenvalue weighted by Crippen LogP contribution is -2.23. The summed E-state index contributed by atoms with van der Waals surface area (Å²) in [7, 11) is 6.60. The van der Waals surface area contributed by atoms with Gasteiger partial charge in [-0.25, -0.2) is 9.59 Å². The average molecular weight is 572 g/mol. The van der Waals surface area contributed by atoms with E-state index in [-0.39, 0.29) is 5.97 Å². The Kier molecular flexibility index (Phi) is 10.8. The van der Waals surface area contributed by atoms with Crippen LogP contribution in [0.15, 0.2) is 72.8 Å². The highest BCUT2D eigenvalue weighted by Crippen LogP contribution is 2.38. The highest BCUT2D eigenvalue weighted by Gasteiger charge is 2.16. The van der Waals surface area contributed by atoms with Crippen molar-refractivity contribution in [1.29, 1.82) is 0 Å². The molecule has 0 aromatic heterocycles. The van der Waals surface area contributed by atoms with Gasteiger partial charge < -0.3 is 28.6 Å². The summed E-state index contributed by atoms with van der Waals surface area (Å²) >= 11 is 0. The number of carbonyl (C=O) groups is 2. The molecule has 0 spiro atoms. The largest absolute Gasteiger partial charge is 0.493 e. The lowest BCUT2D eigenvalue weighted by Gasteiger charge is -2.16. The SMILES string of the molecule is COc1cc(/C=C/C(=O)OCCCN(C)CCCOC(=O)c2c3ccccc3cc3ccccc23)cc(OC)c1OC. The summed E-state index contributed by atoms with van der Waals surface area (Å²) in [5.41, 5.74) is 1.33. The zero-order chi connectivity index (χ0) is 29.9. The molecule has 4 rings (SSSR count). The molecule has 0 aliphatic heterocycles. The first kappa shape index (κ1) is 30.4. The van der Waals surface area contributed by atoms with Crippen LogP contribution in [0.25, 0.3) is 27.6 Å². The Balaban J connectivity index is 1.19. The van der Waals surface area contributed by atoms with E-state index in [2.05, 4.69) is 11.0 Å². The molecule has 0 aliphatic rings. The van der Waals surface area contributed by atoms with E-state index in [1.54, 1.807) is 18.2 Å². The van der Waals surface area contributed by atoms with Crippen molar-refractivity contribution in [2.45, 2.75) is 12.8 Å². The third-order valence-electron chi connectivity index (χ3n) is 6.92. The van der Waals surface area contributed by atoms with Gasteiger partial charge in [-0.05, 0) is 71.3 Å². The Bertz CT molecular complexity index is 1480. The number of nitrogens with zero attached hydrogens (tertiary/aromatic N) is 1. The number of ether oxygens (including phenoxy) is 5. The minimum atomic E-state index is -0.431. The summed E-state index contributed by atoms with van der Waals surface area (Å²) < 4.78 is 27.0. The minimum absolute atomic E-state index is 0.298. The number of carbonyl (C=O) groups excluding carboxylic acids is 2. The van der Waals surface area contributed by atoms with E-state index in [1.807, 2.05) is 55.6 Å². The van der Waals surface area contributed by atoms with Crippen LogP contribution in [0.2, 0.25) is 0 Å². The predicted molar refractivity (Wildman–Crippen MR) is 165 cm³/mol. The van der Waals surface area contributed by atoms with Gasteiger partial charge in [0.15, 0.2) is 11.5 Å². The molecule has 220 valence electrons. The number of benzene rings is 4.